The molecule has 0 aliphatic rings. The van der Waals surface area contributed by atoms with Crippen LogP contribution in [0.15, 0.2) is 48.5 Å². The lowest BCUT2D eigenvalue weighted by Crippen LogP contribution is -2.00. The van der Waals surface area contributed by atoms with Crippen molar-refractivity contribution in [1.29, 1.82) is 0 Å². The molecule has 0 bridgehead atoms. The quantitative estimate of drug-likeness (QED) is 0.685. The molecule has 0 saturated heterocycles. The molecule has 2 heteroatoms. The minimum absolute atomic E-state index is 0. The number of benzene rings is 2. The highest BCUT2D eigenvalue weighted by Crippen LogP contribution is 2.28. The van der Waals surface area contributed by atoms with Crippen molar-refractivity contribution in [3.8, 4) is 11.1 Å². The summed E-state index contributed by atoms with van der Waals surface area (Å²) in [7, 11) is 0. The third-order valence-electron chi connectivity index (χ3n) is 3.84. The average molecular weight is 304 g/mol. The van der Waals surface area contributed by atoms with Gasteiger partial charge in [0.25, 0.3) is 0 Å². The van der Waals surface area contributed by atoms with E-state index in [9.17, 15) is 0 Å². The summed E-state index contributed by atoms with van der Waals surface area (Å²) in [5.41, 5.74) is 11.2. The second-order valence-corrected chi connectivity index (χ2v) is 5.33. The molecule has 0 aliphatic carbocycles. The molecule has 0 aromatic heterocycles. The summed E-state index contributed by atoms with van der Waals surface area (Å²) < 4.78 is 0. The Kier molecular flexibility index (Phi) is 8.11. The molecule has 0 amide bonds. The summed E-state index contributed by atoms with van der Waals surface area (Å²) in [5, 5.41) is 0. The van der Waals surface area contributed by atoms with Crippen molar-refractivity contribution in [2.24, 2.45) is 5.73 Å². The Bertz CT molecular complexity index is 537. The molecule has 2 rings (SSSR count). The number of aryl methyl sites for hydroxylation is 1. The highest BCUT2D eigenvalue weighted by Gasteiger charge is 2.07. The van der Waals surface area contributed by atoms with E-state index in [0.29, 0.717) is 6.54 Å². The number of hydrogen-bond donors (Lipinski definition) is 1. The molecule has 0 heterocycles. The van der Waals surface area contributed by atoms with Gasteiger partial charge in [0.1, 0.15) is 0 Å². The Morgan fingerprint density at radius 2 is 1.33 bits per heavy atom. The molecule has 2 N–H and O–H groups in total. The minimum atomic E-state index is 0. The average Bonchev–Trinajstić information content (AvgIpc) is 2.52. The van der Waals surface area contributed by atoms with Crippen molar-refractivity contribution < 1.29 is 0 Å². The molecule has 0 atom stereocenters. The Hall–Kier alpha value is -1.31. The number of unbranched alkanes of at least 4 members (excludes halogenated alkanes) is 3. The molecule has 21 heavy (non-hydrogen) atoms. The molecule has 0 aliphatic heterocycles. The fourth-order valence-corrected chi connectivity index (χ4v) is 2.70. The van der Waals surface area contributed by atoms with E-state index in [1.165, 1.54) is 47.9 Å². The van der Waals surface area contributed by atoms with Gasteiger partial charge < -0.3 is 5.73 Å². The van der Waals surface area contributed by atoms with Crippen molar-refractivity contribution in [2.45, 2.75) is 45.6 Å². The van der Waals surface area contributed by atoms with Gasteiger partial charge in [0.2, 0.25) is 0 Å². The lowest BCUT2D eigenvalue weighted by atomic mass is 9.93. The van der Waals surface area contributed by atoms with Gasteiger partial charge in [-0.3, -0.25) is 0 Å². The molecule has 1 nitrogen and oxygen atoms in total. The van der Waals surface area contributed by atoms with Crippen LogP contribution < -0.4 is 5.73 Å². The first-order valence-electron chi connectivity index (χ1n) is 7.73. The Labute approximate surface area is 135 Å². The topological polar surface area (TPSA) is 26.0 Å². The van der Waals surface area contributed by atoms with Crippen LogP contribution in [-0.2, 0) is 13.0 Å². The third-order valence-corrected chi connectivity index (χ3v) is 3.84. The van der Waals surface area contributed by atoms with Crippen LogP contribution in [-0.4, -0.2) is 0 Å². The zero-order valence-electron chi connectivity index (χ0n) is 12.8. The molecule has 2 aromatic rings. The van der Waals surface area contributed by atoms with Crippen LogP contribution in [0, 0.1) is 0 Å². The van der Waals surface area contributed by atoms with E-state index in [4.69, 9.17) is 5.73 Å². The molecule has 0 radical (unpaired) electrons. The number of hydrogen-bond acceptors (Lipinski definition) is 1. The second kappa shape index (κ2) is 9.59. The lowest BCUT2D eigenvalue weighted by Gasteiger charge is -2.13. The van der Waals surface area contributed by atoms with E-state index in [1.807, 2.05) is 0 Å². The van der Waals surface area contributed by atoms with Crippen molar-refractivity contribution in [2.75, 3.05) is 0 Å². The Morgan fingerprint density at radius 3 is 1.95 bits per heavy atom. The van der Waals surface area contributed by atoms with Crippen LogP contribution in [0.5, 0.6) is 0 Å². The van der Waals surface area contributed by atoms with Gasteiger partial charge in [-0.15, -0.1) is 12.4 Å². The summed E-state index contributed by atoms with van der Waals surface area (Å²) in [6, 6.07) is 17.2. The Morgan fingerprint density at radius 1 is 0.762 bits per heavy atom. The Balaban J connectivity index is 0.00000220. The van der Waals surface area contributed by atoms with Crippen LogP contribution in [0.1, 0.15) is 43.7 Å². The van der Waals surface area contributed by atoms with E-state index < -0.39 is 0 Å². The maximum atomic E-state index is 5.88. The zero-order chi connectivity index (χ0) is 14.2. The van der Waals surface area contributed by atoms with E-state index in [-0.39, 0.29) is 12.4 Å². The van der Waals surface area contributed by atoms with Crippen LogP contribution in [0.3, 0.4) is 0 Å². The van der Waals surface area contributed by atoms with E-state index >= 15 is 0 Å². The molecule has 0 spiro atoms. The van der Waals surface area contributed by atoms with E-state index in [1.54, 1.807) is 0 Å². The second-order valence-electron chi connectivity index (χ2n) is 5.33. The minimum Gasteiger partial charge on any atom is -0.326 e. The maximum Gasteiger partial charge on any atom is 0.0184 e. The van der Waals surface area contributed by atoms with Gasteiger partial charge in [-0.1, -0.05) is 74.7 Å². The molecule has 2 aromatic carbocycles. The maximum absolute atomic E-state index is 5.88. The number of rotatable bonds is 7. The fraction of sp³-hybridized carbons (Fsp3) is 0.368. The third kappa shape index (κ3) is 4.87. The van der Waals surface area contributed by atoms with Crippen molar-refractivity contribution in [1.82, 2.24) is 0 Å². The van der Waals surface area contributed by atoms with Gasteiger partial charge in [-0.05, 0) is 35.1 Å². The van der Waals surface area contributed by atoms with Crippen LogP contribution in [0.4, 0.5) is 0 Å². The standard InChI is InChI=1S/C19H25N.ClH/c1-2-3-4-5-10-16-11-6-8-13-18(16)19-14-9-7-12-17(19)15-20;/h6-9,11-14H,2-5,10,15,20H2,1H3;1H. The van der Waals surface area contributed by atoms with E-state index in [2.05, 4.69) is 55.5 Å². The summed E-state index contributed by atoms with van der Waals surface area (Å²) in [4.78, 5) is 0. The van der Waals surface area contributed by atoms with Gasteiger partial charge >= 0.3 is 0 Å². The van der Waals surface area contributed by atoms with Crippen LogP contribution in [0.25, 0.3) is 11.1 Å². The van der Waals surface area contributed by atoms with Crippen LogP contribution in [0.2, 0.25) is 0 Å². The zero-order valence-corrected chi connectivity index (χ0v) is 13.7. The highest BCUT2D eigenvalue weighted by atomic mass is 35.5. The monoisotopic (exact) mass is 303 g/mol. The van der Waals surface area contributed by atoms with Gasteiger partial charge in [-0.25, -0.2) is 0 Å². The summed E-state index contributed by atoms with van der Waals surface area (Å²) in [6.07, 6.45) is 6.38. The molecule has 0 saturated carbocycles. The molecular formula is C19H26ClN. The summed E-state index contributed by atoms with van der Waals surface area (Å²) in [5.74, 6) is 0. The van der Waals surface area contributed by atoms with Gasteiger partial charge in [0, 0.05) is 6.54 Å². The largest absolute Gasteiger partial charge is 0.326 e. The molecular weight excluding hydrogens is 278 g/mol. The molecule has 114 valence electrons. The predicted molar refractivity (Wildman–Crippen MR) is 94.9 cm³/mol. The lowest BCUT2D eigenvalue weighted by molar-refractivity contribution is 0.667. The summed E-state index contributed by atoms with van der Waals surface area (Å²) >= 11 is 0. The van der Waals surface area contributed by atoms with E-state index in [0.717, 1.165) is 6.42 Å². The van der Waals surface area contributed by atoms with Gasteiger partial charge in [0.15, 0.2) is 0 Å². The first-order valence-corrected chi connectivity index (χ1v) is 7.73. The fourth-order valence-electron chi connectivity index (χ4n) is 2.70. The summed E-state index contributed by atoms with van der Waals surface area (Å²) in [6.45, 7) is 2.85. The van der Waals surface area contributed by atoms with Gasteiger partial charge in [-0.2, -0.15) is 0 Å². The predicted octanol–water partition coefficient (Wildman–Crippen LogP) is 5.36. The molecule has 0 fully saturated rings. The normalized spacial score (nSPS) is 10.2. The van der Waals surface area contributed by atoms with Crippen molar-refractivity contribution in [3.05, 3.63) is 59.7 Å². The SMILES string of the molecule is CCCCCCc1ccccc1-c1ccccc1CN.Cl. The van der Waals surface area contributed by atoms with Crippen LogP contribution >= 0.6 is 12.4 Å². The number of nitrogens with two attached hydrogens (primary N) is 1. The number of halogens is 1. The van der Waals surface area contributed by atoms with Gasteiger partial charge in [0.05, 0.1) is 0 Å². The first kappa shape index (κ1) is 17.7. The van der Waals surface area contributed by atoms with Crippen molar-refractivity contribution in [3.63, 3.8) is 0 Å². The smallest absolute Gasteiger partial charge is 0.0184 e. The first-order chi connectivity index (χ1) is 9.86. The highest BCUT2D eigenvalue weighted by molar-refractivity contribution is 5.85. The molecule has 0 unspecified atom stereocenters. The van der Waals surface area contributed by atoms with Crippen molar-refractivity contribution >= 4 is 12.4 Å².